The molecule has 0 bridgehead atoms. The molecule has 0 saturated carbocycles. The van der Waals surface area contributed by atoms with Gasteiger partial charge >= 0.3 is 8.60 Å². The maximum absolute atomic E-state index is 7.09. The molecule has 0 aliphatic carbocycles. The van der Waals surface area contributed by atoms with Crippen molar-refractivity contribution >= 4 is 30.1 Å². The van der Waals surface area contributed by atoms with Crippen LogP contribution in [0.2, 0.25) is 0 Å². The van der Waals surface area contributed by atoms with Gasteiger partial charge in [-0.15, -0.1) is 0 Å². The van der Waals surface area contributed by atoms with Gasteiger partial charge in [0.2, 0.25) is 0 Å². The molecule has 4 aromatic carbocycles. The van der Waals surface area contributed by atoms with Crippen molar-refractivity contribution in [2.45, 2.75) is 183 Å². The summed E-state index contributed by atoms with van der Waals surface area (Å²) in [7, 11) is -1.86. The van der Waals surface area contributed by atoms with Crippen LogP contribution in [0.25, 0.3) is 21.5 Å². The molecule has 0 aromatic heterocycles. The maximum atomic E-state index is 7.09. The molecule has 0 atom stereocenters. The zero-order valence-electron chi connectivity index (χ0n) is 36.8. The van der Waals surface area contributed by atoms with Crippen LogP contribution < -0.4 is 9.05 Å². The molecule has 52 heavy (non-hydrogen) atoms. The zero-order chi connectivity index (χ0) is 39.8. The minimum atomic E-state index is -1.86. The van der Waals surface area contributed by atoms with Gasteiger partial charge < -0.3 is 9.05 Å². The Balaban J connectivity index is 2.00. The number of hydrogen-bond donors (Lipinski definition) is 0. The molecule has 0 amide bonds. The van der Waals surface area contributed by atoms with Crippen molar-refractivity contribution in [3.8, 4) is 11.5 Å². The molecule has 0 heterocycles. The highest BCUT2D eigenvalue weighted by atomic mass is 31.2. The van der Waals surface area contributed by atoms with Crippen LogP contribution in [-0.4, -0.2) is 5.60 Å². The van der Waals surface area contributed by atoms with Crippen molar-refractivity contribution in [3.63, 3.8) is 0 Å². The molecule has 286 valence electrons. The Kier molecular flexibility index (Phi) is 11.0. The molecule has 0 aliphatic rings. The second kappa shape index (κ2) is 13.6. The smallest absolute Gasteiger partial charge is 0.417 e. The molecule has 0 aliphatic heterocycles. The number of hydrogen-bond acceptors (Lipinski definition) is 3. The lowest BCUT2D eigenvalue weighted by Gasteiger charge is -2.32. The van der Waals surface area contributed by atoms with Gasteiger partial charge in [-0.25, -0.2) is 0 Å². The predicted molar refractivity (Wildman–Crippen MR) is 229 cm³/mol. The summed E-state index contributed by atoms with van der Waals surface area (Å²) in [6.45, 7) is 47.3. The fraction of sp³-hybridized carbons (Fsp3) is 0.583. The van der Waals surface area contributed by atoms with Crippen LogP contribution in [-0.2, 0) is 37.0 Å². The van der Waals surface area contributed by atoms with Crippen LogP contribution in [0.4, 0.5) is 0 Å². The van der Waals surface area contributed by atoms with Crippen molar-refractivity contribution < 1.29 is 13.6 Å². The molecule has 4 aromatic rings. The Morgan fingerprint density at radius 2 is 0.654 bits per heavy atom. The van der Waals surface area contributed by atoms with E-state index in [-0.39, 0.29) is 32.5 Å². The molecule has 0 saturated heterocycles. The quantitative estimate of drug-likeness (QED) is 0.192. The van der Waals surface area contributed by atoms with Gasteiger partial charge in [0.25, 0.3) is 0 Å². The van der Waals surface area contributed by atoms with Crippen LogP contribution in [0.15, 0.2) is 48.5 Å². The molecule has 4 heteroatoms. The normalized spacial score (nSPS) is 14.1. The van der Waals surface area contributed by atoms with Gasteiger partial charge in [0.05, 0.1) is 5.60 Å². The van der Waals surface area contributed by atoms with E-state index >= 15 is 0 Å². The van der Waals surface area contributed by atoms with E-state index in [1.807, 2.05) is 0 Å². The van der Waals surface area contributed by atoms with E-state index in [1.165, 1.54) is 43.8 Å². The van der Waals surface area contributed by atoms with Crippen molar-refractivity contribution in [1.29, 1.82) is 0 Å². The summed E-state index contributed by atoms with van der Waals surface area (Å²) in [6.07, 6.45) is 0. The summed E-state index contributed by atoms with van der Waals surface area (Å²) in [5.41, 5.74) is 6.66. The first kappa shape index (κ1) is 42.1. The number of rotatable bonds is 5. The number of fused-ring (bicyclic) bond motifs is 2. The van der Waals surface area contributed by atoms with Crippen molar-refractivity contribution in [3.05, 3.63) is 81.9 Å². The van der Waals surface area contributed by atoms with E-state index in [4.69, 9.17) is 13.6 Å². The highest BCUT2D eigenvalue weighted by molar-refractivity contribution is 7.42. The first-order valence-electron chi connectivity index (χ1n) is 19.3. The molecule has 0 radical (unpaired) electrons. The van der Waals surface area contributed by atoms with Gasteiger partial charge in [-0.05, 0) is 121 Å². The summed E-state index contributed by atoms with van der Waals surface area (Å²) < 4.78 is 20.9. The Labute approximate surface area is 319 Å². The fourth-order valence-electron chi connectivity index (χ4n) is 6.65. The van der Waals surface area contributed by atoms with Crippen molar-refractivity contribution in [2.24, 2.45) is 0 Å². The summed E-state index contributed by atoms with van der Waals surface area (Å²) in [5.74, 6) is 1.63. The average Bonchev–Trinajstić information content (AvgIpc) is 2.91. The topological polar surface area (TPSA) is 27.7 Å². The van der Waals surface area contributed by atoms with E-state index in [1.54, 1.807) is 0 Å². The minimum Gasteiger partial charge on any atom is -0.417 e. The third kappa shape index (κ3) is 9.73. The maximum Gasteiger partial charge on any atom is 0.463 e. The van der Waals surface area contributed by atoms with E-state index in [0.717, 1.165) is 22.6 Å². The third-order valence-corrected chi connectivity index (χ3v) is 11.2. The molecule has 0 spiro atoms. The second-order valence-corrected chi connectivity index (χ2v) is 23.3. The molecule has 3 nitrogen and oxygen atoms in total. The van der Waals surface area contributed by atoms with Crippen LogP contribution >= 0.6 is 8.60 Å². The Bertz CT molecular complexity index is 1800. The summed E-state index contributed by atoms with van der Waals surface area (Å²) >= 11 is 0. The second-order valence-electron chi connectivity index (χ2n) is 22.3. The molecular weight excluding hydrogens is 655 g/mol. The summed E-state index contributed by atoms with van der Waals surface area (Å²) in [4.78, 5) is 0. The van der Waals surface area contributed by atoms with Crippen LogP contribution in [0, 0.1) is 0 Å². The van der Waals surface area contributed by atoms with Gasteiger partial charge in [-0.1, -0.05) is 149 Å². The minimum absolute atomic E-state index is 0.0275. The monoisotopic (exact) mass is 727 g/mol. The lowest BCUT2D eigenvalue weighted by molar-refractivity contribution is 0.114. The highest BCUT2D eigenvalue weighted by Gasteiger charge is 2.33. The van der Waals surface area contributed by atoms with Crippen molar-refractivity contribution in [1.82, 2.24) is 0 Å². The molecule has 0 unspecified atom stereocenters. The molecule has 0 N–H and O–H groups in total. The first-order chi connectivity index (χ1) is 23.2. The average molecular weight is 727 g/mol. The third-order valence-electron chi connectivity index (χ3n) is 9.76. The Morgan fingerprint density at radius 3 is 0.904 bits per heavy atom. The van der Waals surface area contributed by atoms with E-state index in [2.05, 4.69) is 194 Å². The lowest BCUT2D eigenvalue weighted by Crippen LogP contribution is -2.21. The van der Waals surface area contributed by atoms with Gasteiger partial charge in [0, 0.05) is 11.1 Å². The van der Waals surface area contributed by atoms with E-state index in [0.29, 0.717) is 0 Å². The fourth-order valence-corrected chi connectivity index (χ4v) is 7.84. The highest BCUT2D eigenvalue weighted by Crippen LogP contribution is 2.52. The van der Waals surface area contributed by atoms with Crippen LogP contribution in [0.5, 0.6) is 11.5 Å². The van der Waals surface area contributed by atoms with Gasteiger partial charge in [0.1, 0.15) is 11.5 Å². The van der Waals surface area contributed by atoms with Crippen LogP contribution in [0.1, 0.15) is 179 Å². The molecule has 4 rings (SSSR count). The van der Waals surface area contributed by atoms with E-state index < -0.39 is 14.2 Å². The number of benzene rings is 4. The lowest BCUT2D eigenvalue weighted by atomic mass is 9.76. The van der Waals surface area contributed by atoms with Crippen LogP contribution in [0.3, 0.4) is 0 Å². The molecular formula is C48H71O3P. The van der Waals surface area contributed by atoms with Gasteiger partial charge in [-0.3, -0.25) is 4.52 Å². The van der Waals surface area contributed by atoms with E-state index in [9.17, 15) is 0 Å². The molecule has 0 fully saturated rings. The Morgan fingerprint density at radius 1 is 0.346 bits per heavy atom. The largest absolute Gasteiger partial charge is 0.463 e. The summed E-state index contributed by atoms with van der Waals surface area (Å²) in [5, 5.41) is 4.90. The first-order valence-corrected chi connectivity index (χ1v) is 20.4. The van der Waals surface area contributed by atoms with Gasteiger partial charge in [-0.2, -0.15) is 0 Å². The Hall–Kier alpha value is -2.61. The zero-order valence-corrected chi connectivity index (χ0v) is 37.7. The SMILES string of the molecule is CC(C)(C)OP(Oc1cc2c(C(C)(C)C)cc(C(C)(C)C)cc2cc1C(C)(C)C)Oc1cc2c(C(C)(C)C)cc(C(C)(C)C)cc2cc1C(C)(C)C. The standard InChI is InChI=1S/C48H71O3P/c1-42(2,3)32-22-30-24-38(46(13,14)15)40(28-34(30)36(26-32)44(7,8)9)49-52(51-48(19,20)21)50-41-29-35-31(25-39(41)47(16,17)18)23-33(43(4,5)6)27-37(35)45(10,11)12/h22-29H,1-21H3. The predicted octanol–water partition coefficient (Wildman–Crippen LogP) is 15.3. The van der Waals surface area contributed by atoms with Gasteiger partial charge in [0.15, 0.2) is 0 Å². The summed E-state index contributed by atoms with van der Waals surface area (Å²) in [6, 6.07) is 18.7. The van der Waals surface area contributed by atoms with Crippen molar-refractivity contribution in [2.75, 3.05) is 0 Å².